The smallest absolute Gasteiger partial charge is 0.237 e. The van der Waals surface area contributed by atoms with Crippen molar-refractivity contribution in [3.05, 3.63) is 12.4 Å². The van der Waals surface area contributed by atoms with Gasteiger partial charge in [-0.05, 0) is 25.7 Å². The van der Waals surface area contributed by atoms with Gasteiger partial charge in [-0.2, -0.15) is 0 Å². The fourth-order valence-corrected chi connectivity index (χ4v) is 2.60. The SMILES string of the molecule is O=C(CCl)N1CCCC(Oc2cc(NC3CC3)ncn2)C1. The van der Waals surface area contributed by atoms with Gasteiger partial charge in [0.25, 0.3) is 0 Å². The average Bonchev–Trinajstić information content (AvgIpc) is 3.31. The second kappa shape index (κ2) is 6.47. The summed E-state index contributed by atoms with van der Waals surface area (Å²) in [5.74, 6) is 1.34. The highest BCUT2D eigenvalue weighted by molar-refractivity contribution is 6.27. The number of nitrogens with one attached hydrogen (secondary N) is 1. The summed E-state index contributed by atoms with van der Waals surface area (Å²) in [6, 6.07) is 2.36. The van der Waals surface area contributed by atoms with Crippen molar-refractivity contribution in [2.45, 2.75) is 37.8 Å². The summed E-state index contributed by atoms with van der Waals surface area (Å²) in [7, 11) is 0. The van der Waals surface area contributed by atoms with Crippen LogP contribution in [0.2, 0.25) is 0 Å². The topological polar surface area (TPSA) is 67.3 Å². The Balaban J connectivity index is 1.58. The van der Waals surface area contributed by atoms with E-state index < -0.39 is 0 Å². The molecule has 2 fully saturated rings. The summed E-state index contributed by atoms with van der Waals surface area (Å²) >= 11 is 5.61. The quantitative estimate of drug-likeness (QED) is 0.838. The van der Waals surface area contributed by atoms with Gasteiger partial charge in [0.2, 0.25) is 11.8 Å². The van der Waals surface area contributed by atoms with E-state index in [1.165, 1.54) is 19.2 Å². The number of carbonyl (C=O) groups excluding carboxylic acids is 1. The lowest BCUT2D eigenvalue weighted by Crippen LogP contribution is -2.45. The van der Waals surface area contributed by atoms with Crippen molar-refractivity contribution in [3.8, 4) is 5.88 Å². The molecule has 1 saturated carbocycles. The van der Waals surface area contributed by atoms with Crippen molar-refractivity contribution in [2.24, 2.45) is 0 Å². The van der Waals surface area contributed by atoms with Crippen LogP contribution in [0.4, 0.5) is 5.82 Å². The Labute approximate surface area is 128 Å². The zero-order valence-electron chi connectivity index (χ0n) is 11.8. The third-order valence-corrected chi connectivity index (χ3v) is 3.93. The van der Waals surface area contributed by atoms with Gasteiger partial charge in [0.05, 0.1) is 6.54 Å². The normalized spacial score (nSPS) is 22.0. The van der Waals surface area contributed by atoms with E-state index in [0.29, 0.717) is 18.5 Å². The second-order valence-corrected chi connectivity index (χ2v) is 5.78. The van der Waals surface area contributed by atoms with E-state index in [4.69, 9.17) is 16.3 Å². The number of carbonyl (C=O) groups is 1. The molecule has 1 aliphatic carbocycles. The maximum absolute atomic E-state index is 11.6. The van der Waals surface area contributed by atoms with Crippen molar-refractivity contribution in [1.29, 1.82) is 0 Å². The number of alkyl halides is 1. The number of ether oxygens (including phenoxy) is 1. The molecule has 114 valence electrons. The van der Waals surface area contributed by atoms with Gasteiger partial charge in [0.1, 0.15) is 24.1 Å². The van der Waals surface area contributed by atoms with E-state index in [1.54, 1.807) is 4.90 Å². The molecule has 1 unspecified atom stereocenters. The van der Waals surface area contributed by atoms with E-state index in [1.807, 2.05) is 6.07 Å². The Kier molecular flexibility index (Phi) is 4.43. The Hall–Kier alpha value is -1.56. The Morgan fingerprint density at radius 2 is 2.29 bits per heavy atom. The zero-order chi connectivity index (χ0) is 14.7. The molecule has 1 aliphatic heterocycles. The molecule has 7 heteroatoms. The molecule has 0 bridgehead atoms. The van der Waals surface area contributed by atoms with E-state index in [9.17, 15) is 4.79 Å². The number of likely N-dealkylation sites (tertiary alicyclic amines) is 1. The van der Waals surface area contributed by atoms with Crippen LogP contribution in [-0.4, -0.2) is 51.9 Å². The number of piperidine rings is 1. The van der Waals surface area contributed by atoms with Gasteiger partial charge >= 0.3 is 0 Å². The Bertz CT molecular complexity index is 510. The standard InChI is InChI=1S/C14H19ClN4O2/c15-7-14(20)19-5-1-2-11(8-19)21-13-6-12(16-9-17-13)18-10-3-4-10/h6,9-11H,1-5,7-8H2,(H,16,17,18). The minimum atomic E-state index is -0.0382. The number of nitrogens with zero attached hydrogens (tertiary/aromatic N) is 3. The summed E-state index contributed by atoms with van der Waals surface area (Å²) in [6.45, 7) is 1.32. The molecule has 1 saturated heterocycles. The number of rotatable bonds is 5. The van der Waals surface area contributed by atoms with Crippen LogP contribution in [0.1, 0.15) is 25.7 Å². The lowest BCUT2D eigenvalue weighted by atomic mass is 10.1. The first-order valence-corrected chi connectivity index (χ1v) is 7.87. The van der Waals surface area contributed by atoms with Gasteiger partial charge in [0.15, 0.2) is 0 Å². The first-order chi connectivity index (χ1) is 10.2. The monoisotopic (exact) mass is 310 g/mol. The van der Waals surface area contributed by atoms with Crippen molar-refractivity contribution in [1.82, 2.24) is 14.9 Å². The van der Waals surface area contributed by atoms with Crippen LogP contribution >= 0.6 is 11.6 Å². The van der Waals surface area contributed by atoms with Crippen LogP contribution in [0.5, 0.6) is 5.88 Å². The highest BCUT2D eigenvalue weighted by Gasteiger charge is 2.25. The van der Waals surface area contributed by atoms with Gasteiger partial charge < -0.3 is 15.0 Å². The number of aromatic nitrogens is 2. The molecule has 6 nitrogen and oxygen atoms in total. The highest BCUT2D eigenvalue weighted by atomic mass is 35.5. The molecule has 2 heterocycles. The molecule has 1 atom stereocenters. The number of halogens is 1. The fourth-order valence-electron chi connectivity index (χ4n) is 2.44. The van der Waals surface area contributed by atoms with Crippen molar-refractivity contribution in [2.75, 3.05) is 24.3 Å². The third-order valence-electron chi connectivity index (χ3n) is 3.70. The molecule has 21 heavy (non-hydrogen) atoms. The predicted octanol–water partition coefficient (Wildman–Crippen LogP) is 1.66. The molecular weight excluding hydrogens is 292 g/mol. The summed E-state index contributed by atoms with van der Waals surface area (Å²) in [5, 5.41) is 3.32. The molecule has 2 aliphatic rings. The molecule has 0 aromatic carbocycles. The van der Waals surface area contributed by atoms with Gasteiger partial charge in [-0.3, -0.25) is 4.79 Å². The van der Waals surface area contributed by atoms with Gasteiger partial charge in [-0.1, -0.05) is 0 Å². The molecule has 1 amide bonds. The van der Waals surface area contributed by atoms with Crippen LogP contribution in [0.3, 0.4) is 0 Å². The Morgan fingerprint density at radius 3 is 3.05 bits per heavy atom. The molecule has 1 N–H and O–H groups in total. The minimum Gasteiger partial charge on any atom is -0.472 e. The fraction of sp³-hybridized carbons (Fsp3) is 0.643. The summed E-state index contributed by atoms with van der Waals surface area (Å²) in [6.07, 6.45) is 5.70. The maximum Gasteiger partial charge on any atom is 0.237 e. The van der Waals surface area contributed by atoms with Gasteiger partial charge in [-0.25, -0.2) is 9.97 Å². The van der Waals surface area contributed by atoms with Crippen LogP contribution in [0.15, 0.2) is 12.4 Å². The number of anilines is 1. The van der Waals surface area contributed by atoms with Gasteiger partial charge in [0, 0.05) is 18.7 Å². The van der Waals surface area contributed by atoms with Crippen LogP contribution in [0.25, 0.3) is 0 Å². The van der Waals surface area contributed by atoms with Gasteiger partial charge in [-0.15, -0.1) is 11.6 Å². The lowest BCUT2D eigenvalue weighted by molar-refractivity contribution is -0.131. The lowest BCUT2D eigenvalue weighted by Gasteiger charge is -2.32. The first kappa shape index (κ1) is 14.4. The largest absolute Gasteiger partial charge is 0.472 e. The number of hydrogen-bond acceptors (Lipinski definition) is 5. The average molecular weight is 311 g/mol. The summed E-state index contributed by atoms with van der Waals surface area (Å²) < 4.78 is 5.89. The molecule has 3 rings (SSSR count). The Morgan fingerprint density at radius 1 is 1.43 bits per heavy atom. The van der Waals surface area contributed by atoms with Crippen LogP contribution < -0.4 is 10.1 Å². The van der Waals surface area contributed by atoms with E-state index >= 15 is 0 Å². The van der Waals surface area contributed by atoms with Crippen LogP contribution in [0, 0.1) is 0 Å². The molecule has 1 aromatic rings. The van der Waals surface area contributed by atoms with E-state index in [2.05, 4.69) is 15.3 Å². The molecule has 1 aromatic heterocycles. The van der Waals surface area contributed by atoms with E-state index in [0.717, 1.165) is 25.2 Å². The summed E-state index contributed by atoms with van der Waals surface area (Å²) in [4.78, 5) is 21.7. The maximum atomic E-state index is 11.6. The van der Waals surface area contributed by atoms with E-state index in [-0.39, 0.29) is 17.9 Å². The molecular formula is C14H19ClN4O2. The van der Waals surface area contributed by atoms with Crippen molar-refractivity contribution in [3.63, 3.8) is 0 Å². The zero-order valence-corrected chi connectivity index (χ0v) is 12.6. The third kappa shape index (κ3) is 3.97. The first-order valence-electron chi connectivity index (χ1n) is 7.33. The second-order valence-electron chi connectivity index (χ2n) is 5.52. The van der Waals surface area contributed by atoms with Crippen molar-refractivity contribution < 1.29 is 9.53 Å². The number of hydrogen-bond donors (Lipinski definition) is 1. The highest BCUT2D eigenvalue weighted by Crippen LogP contribution is 2.25. The van der Waals surface area contributed by atoms with Crippen molar-refractivity contribution >= 4 is 23.3 Å². The molecule has 0 spiro atoms. The minimum absolute atomic E-state index is 0.0235. The molecule has 0 radical (unpaired) electrons. The summed E-state index contributed by atoms with van der Waals surface area (Å²) in [5.41, 5.74) is 0. The predicted molar refractivity (Wildman–Crippen MR) is 79.6 cm³/mol. The van der Waals surface area contributed by atoms with Crippen LogP contribution in [-0.2, 0) is 4.79 Å². The number of amides is 1.